The van der Waals surface area contributed by atoms with Crippen LogP contribution < -0.4 is 20.3 Å². The molecule has 3 rings (SSSR count). The van der Waals surface area contributed by atoms with Crippen LogP contribution in [0.1, 0.15) is 29.8 Å². The second-order valence-electron chi connectivity index (χ2n) is 6.77. The maximum atomic E-state index is 12.9. The van der Waals surface area contributed by atoms with Gasteiger partial charge in [-0.15, -0.1) is 0 Å². The molecule has 1 saturated heterocycles. The smallest absolute Gasteiger partial charge is 0.253 e. The van der Waals surface area contributed by atoms with Crippen LogP contribution in [0.4, 0.5) is 11.4 Å². The number of anilines is 2. The molecule has 7 nitrogen and oxygen atoms in total. The minimum absolute atomic E-state index is 0.148. The third-order valence-electron chi connectivity index (χ3n) is 4.60. The lowest BCUT2D eigenvalue weighted by Gasteiger charge is -2.30. The van der Waals surface area contributed by atoms with E-state index in [2.05, 4.69) is 15.5 Å². The fourth-order valence-corrected chi connectivity index (χ4v) is 3.22. The van der Waals surface area contributed by atoms with E-state index in [9.17, 15) is 9.59 Å². The number of nitrogens with zero attached hydrogens (tertiary/aromatic N) is 1. The lowest BCUT2D eigenvalue weighted by atomic mass is 10.1. The minimum Gasteiger partial charge on any atom is -0.494 e. The van der Waals surface area contributed by atoms with Crippen LogP contribution in [0.5, 0.6) is 5.75 Å². The van der Waals surface area contributed by atoms with E-state index < -0.39 is 0 Å². The Balaban J connectivity index is 1.74. The Morgan fingerprint density at radius 1 is 1.10 bits per heavy atom. The summed E-state index contributed by atoms with van der Waals surface area (Å²) in [5, 5.41) is 5.76. The lowest BCUT2D eigenvalue weighted by Crippen LogP contribution is -2.38. The summed E-state index contributed by atoms with van der Waals surface area (Å²) in [4.78, 5) is 26.4. The first-order valence-electron chi connectivity index (χ1n) is 9.81. The summed E-state index contributed by atoms with van der Waals surface area (Å²) in [6, 6.07) is 13.0. The number of rotatable bonds is 7. The highest BCUT2D eigenvalue weighted by atomic mass is 16.5. The van der Waals surface area contributed by atoms with Crippen molar-refractivity contribution in [2.24, 2.45) is 0 Å². The number of ether oxygens (including phenoxy) is 2. The molecule has 1 fully saturated rings. The van der Waals surface area contributed by atoms with Crippen LogP contribution in [0.2, 0.25) is 0 Å². The third kappa shape index (κ3) is 5.71. The van der Waals surface area contributed by atoms with Gasteiger partial charge in [0, 0.05) is 32.2 Å². The highest BCUT2D eigenvalue weighted by molar-refractivity contribution is 6.01. The second-order valence-corrected chi connectivity index (χ2v) is 6.77. The van der Waals surface area contributed by atoms with Crippen molar-refractivity contribution in [1.29, 1.82) is 0 Å². The number of carbonyl (C=O) groups excluding carboxylic acids is 2. The van der Waals surface area contributed by atoms with Crippen LogP contribution in [-0.2, 0) is 16.1 Å². The Morgan fingerprint density at radius 2 is 1.83 bits per heavy atom. The van der Waals surface area contributed by atoms with Crippen molar-refractivity contribution >= 4 is 23.2 Å². The molecule has 7 heteroatoms. The molecule has 0 radical (unpaired) electrons. The van der Waals surface area contributed by atoms with Crippen LogP contribution in [0.25, 0.3) is 0 Å². The van der Waals surface area contributed by atoms with E-state index in [-0.39, 0.29) is 11.8 Å². The van der Waals surface area contributed by atoms with Crippen molar-refractivity contribution in [3.63, 3.8) is 0 Å². The number of hydrogen-bond acceptors (Lipinski definition) is 5. The molecule has 0 atom stereocenters. The zero-order valence-electron chi connectivity index (χ0n) is 16.9. The Bertz CT molecular complexity index is 846. The first-order valence-corrected chi connectivity index (χ1v) is 9.81. The van der Waals surface area contributed by atoms with Gasteiger partial charge in [0.2, 0.25) is 5.91 Å². The molecule has 2 amide bonds. The van der Waals surface area contributed by atoms with Gasteiger partial charge in [-0.05, 0) is 42.8 Å². The SMILES string of the molecule is CCOc1ccc(CNC(=O)c2ccc(NC(C)=O)cc2N2CCOCC2)cc1. The van der Waals surface area contributed by atoms with E-state index in [0.29, 0.717) is 50.7 Å². The molecule has 2 N–H and O–H groups in total. The van der Waals surface area contributed by atoms with E-state index in [1.54, 1.807) is 12.1 Å². The van der Waals surface area contributed by atoms with Gasteiger partial charge in [0.25, 0.3) is 5.91 Å². The Morgan fingerprint density at radius 3 is 2.48 bits per heavy atom. The van der Waals surface area contributed by atoms with Crippen LogP contribution in [0.15, 0.2) is 42.5 Å². The highest BCUT2D eigenvalue weighted by Gasteiger charge is 2.19. The van der Waals surface area contributed by atoms with E-state index >= 15 is 0 Å². The molecule has 0 bridgehead atoms. The number of amides is 2. The van der Waals surface area contributed by atoms with Gasteiger partial charge in [-0.1, -0.05) is 12.1 Å². The van der Waals surface area contributed by atoms with E-state index in [4.69, 9.17) is 9.47 Å². The van der Waals surface area contributed by atoms with E-state index in [0.717, 1.165) is 17.0 Å². The fourth-order valence-electron chi connectivity index (χ4n) is 3.22. The summed E-state index contributed by atoms with van der Waals surface area (Å²) in [5.41, 5.74) is 3.03. The number of hydrogen-bond donors (Lipinski definition) is 2. The van der Waals surface area contributed by atoms with Crippen molar-refractivity contribution in [2.45, 2.75) is 20.4 Å². The summed E-state index contributed by atoms with van der Waals surface area (Å²) in [7, 11) is 0. The van der Waals surface area contributed by atoms with Gasteiger partial charge in [0.1, 0.15) is 5.75 Å². The molecule has 2 aromatic carbocycles. The molecule has 0 spiro atoms. The topological polar surface area (TPSA) is 79.9 Å². The van der Waals surface area contributed by atoms with Crippen molar-refractivity contribution in [2.75, 3.05) is 43.1 Å². The Kier molecular flexibility index (Phi) is 7.08. The van der Waals surface area contributed by atoms with Crippen molar-refractivity contribution in [3.05, 3.63) is 53.6 Å². The van der Waals surface area contributed by atoms with Crippen LogP contribution in [0.3, 0.4) is 0 Å². The van der Waals surface area contributed by atoms with Gasteiger partial charge in [-0.3, -0.25) is 9.59 Å². The second kappa shape index (κ2) is 9.93. The van der Waals surface area contributed by atoms with Gasteiger partial charge < -0.3 is 25.0 Å². The summed E-state index contributed by atoms with van der Waals surface area (Å²) in [5.74, 6) is 0.506. The fraction of sp³-hybridized carbons (Fsp3) is 0.364. The Labute approximate surface area is 171 Å². The summed E-state index contributed by atoms with van der Waals surface area (Å²) in [6.07, 6.45) is 0. The average molecular weight is 397 g/mol. The molecule has 0 aliphatic carbocycles. The van der Waals surface area contributed by atoms with Crippen LogP contribution in [0, 0.1) is 0 Å². The van der Waals surface area contributed by atoms with Crippen LogP contribution >= 0.6 is 0 Å². The van der Waals surface area contributed by atoms with Gasteiger partial charge >= 0.3 is 0 Å². The first kappa shape index (κ1) is 20.7. The van der Waals surface area contributed by atoms with Crippen molar-refractivity contribution in [1.82, 2.24) is 5.32 Å². The molecule has 1 aliphatic heterocycles. The predicted octanol–water partition coefficient (Wildman–Crippen LogP) is 2.81. The quantitative estimate of drug-likeness (QED) is 0.751. The summed E-state index contributed by atoms with van der Waals surface area (Å²) in [6.45, 7) is 7.06. The zero-order valence-corrected chi connectivity index (χ0v) is 16.9. The van der Waals surface area contributed by atoms with Gasteiger partial charge in [-0.2, -0.15) is 0 Å². The molecule has 154 valence electrons. The van der Waals surface area contributed by atoms with E-state index in [1.165, 1.54) is 6.92 Å². The van der Waals surface area contributed by atoms with Gasteiger partial charge in [0.05, 0.1) is 31.1 Å². The number of benzene rings is 2. The molecule has 0 aromatic heterocycles. The third-order valence-corrected chi connectivity index (χ3v) is 4.60. The minimum atomic E-state index is -0.158. The molecule has 29 heavy (non-hydrogen) atoms. The standard InChI is InChI=1S/C22H27N3O4/c1-3-29-19-7-4-17(5-8-19)15-23-22(27)20-9-6-18(24-16(2)26)14-21(20)25-10-12-28-13-11-25/h4-9,14H,3,10-13,15H2,1-2H3,(H,23,27)(H,24,26). The molecular formula is C22H27N3O4. The summed E-state index contributed by atoms with van der Waals surface area (Å²) < 4.78 is 10.9. The largest absolute Gasteiger partial charge is 0.494 e. The number of morpholine rings is 1. The van der Waals surface area contributed by atoms with Gasteiger partial charge in [0.15, 0.2) is 0 Å². The first-order chi connectivity index (χ1) is 14.1. The van der Waals surface area contributed by atoms with Gasteiger partial charge in [-0.25, -0.2) is 0 Å². The Hall–Kier alpha value is -3.06. The van der Waals surface area contributed by atoms with Crippen molar-refractivity contribution in [3.8, 4) is 5.75 Å². The molecular weight excluding hydrogens is 370 g/mol. The average Bonchev–Trinajstić information content (AvgIpc) is 2.73. The van der Waals surface area contributed by atoms with Crippen LogP contribution in [-0.4, -0.2) is 44.7 Å². The molecule has 0 unspecified atom stereocenters. The number of carbonyl (C=O) groups is 2. The normalized spacial score (nSPS) is 13.7. The highest BCUT2D eigenvalue weighted by Crippen LogP contribution is 2.26. The number of nitrogens with one attached hydrogen (secondary N) is 2. The molecule has 2 aromatic rings. The van der Waals surface area contributed by atoms with E-state index in [1.807, 2.05) is 37.3 Å². The molecule has 0 saturated carbocycles. The maximum Gasteiger partial charge on any atom is 0.253 e. The monoisotopic (exact) mass is 397 g/mol. The zero-order chi connectivity index (χ0) is 20.6. The molecule has 1 heterocycles. The predicted molar refractivity (Wildman–Crippen MR) is 113 cm³/mol. The van der Waals surface area contributed by atoms with Crippen molar-refractivity contribution < 1.29 is 19.1 Å². The maximum absolute atomic E-state index is 12.9. The summed E-state index contributed by atoms with van der Waals surface area (Å²) >= 11 is 0. The lowest BCUT2D eigenvalue weighted by molar-refractivity contribution is -0.114. The molecule has 1 aliphatic rings.